The monoisotopic (exact) mass is 348 g/mol. The van der Waals surface area contributed by atoms with Gasteiger partial charge in [-0.3, -0.25) is 0 Å². The van der Waals surface area contributed by atoms with E-state index in [0.717, 1.165) is 5.69 Å². The number of rotatable bonds is 4. The molecule has 2 fully saturated rings. The van der Waals surface area contributed by atoms with E-state index in [4.69, 9.17) is 14.2 Å². The highest BCUT2D eigenvalue weighted by Crippen LogP contribution is 2.37. The van der Waals surface area contributed by atoms with E-state index in [-0.39, 0.29) is 5.97 Å². The lowest BCUT2D eigenvalue weighted by molar-refractivity contribution is -0.185. The highest BCUT2D eigenvalue weighted by Gasteiger charge is 2.55. The molecule has 0 spiro atoms. The first-order valence-corrected chi connectivity index (χ1v) is 8.55. The van der Waals surface area contributed by atoms with Crippen LogP contribution in [0.4, 0.5) is 0 Å². The van der Waals surface area contributed by atoms with Gasteiger partial charge in [0.15, 0.2) is 11.9 Å². The number of para-hydroxylation sites is 1. The maximum absolute atomic E-state index is 11.9. The predicted molar refractivity (Wildman–Crippen MR) is 83.6 cm³/mol. The zero-order chi connectivity index (χ0) is 16.7. The SMILES string of the molecule is CC1(C)O[C@@H]2[C@@H](CSc3nnnn3-c3ccccc3)OC(=O)[C@@H]2O1. The second-order valence-electron chi connectivity index (χ2n) is 6.02. The largest absolute Gasteiger partial charge is 0.457 e. The number of hydrogen-bond donors (Lipinski definition) is 0. The van der Waals surface area contributed by atoms with E-state index >= 15 is 0 Å². The summed E-state index contributed by atoms with van der Waals surface area (Å²) in [5, 5.41) is 12.4. The number of carbonyl (C=O) groups is 1. The maximum Gasteiger partial charge on any atom is 0.338 e. The van der Waals surface area contributed by atoms with Crippen molar-refractivity contribution in [3.8, 4) is 5.69 Å². The molecule has 0 N–H and O–H groups in total. The van der Waals surface area contributed by atoms with Crippen LogP contribution in [0.25, 0.3) is 5.69 Å². The first-order valence-electron chi connectivity index (χ1n) is 7.56. The third-order valence-corrected chi connectivity index (χ3v) is 4.82. The number of cyclic esters (lactones) is 1. The molecule has 9 heteroatoms. The van der Waals surface area contributed by atoms with Crippen LogP contribution >= 0.6 is 11.8 Å². The van der Waals surface area contributed by atoms with Crippen LogP contribution in [-0.4, -0.2) is 56.0 Å². The third kappa shape index (κ3) is 2.79. The summed E-state index contributed by atoms with van der Waals surface area (Å²) in [4.78, 5) is 11.9. The Morgan fingerprint density at radius 1 is 1.25 bits per heavy atom. The van der Waals surface area contributed by atoms with Crippen LogP contribution in [0, 0.1) is 0 Å². The van der Waals surface area contributed by atoms with Crippen LogP contribution in [0.2, 0.25) is 0 Å². The first kappa shape index (κ1) is 15.6. The quantitative estimate of drug-likeness (QED) is 0.602. The van der Waals surface area contributed by atoms with E-state index in [1.54, 1.807) is 18.5 Å². The number of thioether (sulfide) groups is 1. The number of fused-ring (bicyclic) bond motifs is 1. The van der Waals surface area contributed by atoms with Gasteiger partial charge in [0.2, 0.25) is 5.16 Å². The number of nitrogens with zero attached hydrogens (tertiary/aromatic N) is 4. The summed E-state index contributed by atoms with van der Waals surface area (Å²) in [6.07, 6.45) is -1.45. The first-order chi connectivity index (χ1) is 11.5. The normalized spacial score (nSPS) is 27.9. The molecule has 4 rings (SSSR count). The Morgan fingerprint density at radius 3 is 2.83 bits per heavy atom. The average Bonchev–Trinajstić information content (AvgIpc) is 3.22. The number of aromatic nitrogens is 4. The van der Waals surface area contributed by atoms with Crippen LogP contribution in [-0.2, 0) is 19.0 Å². The summed E-state index contributed by atoms with van der Waals surface area (Å²) in [5.74, 6) is -0.665. The van der Waals surface area contributed by atoms with Crippen molar-refractivity contribution in [3.63, 3.8) is 0 Å². The Balaban J connectivity index is 1.47. The van der Waals surface area contributed by atoms with Gasteiger partial charge in [0.25, 0.3) is 0 Å². The molecule has 0 unspecified atom stereocenters. The van der Waals surface area contributed by atoms with Gasteiger partial charge in [-0.05, 0) is 36.4 Å². The minimum atomic E-state index is -0.774. The number of esters is 1. The molecule has 0 saturated carbocycles. The molecule has 3 heterocycles. The Labute approximate surface area is 142 Å². The molecule has 2 aliphatic rings. The van der Waals surface area contributed by atoms with Gasteiger partial charge in [-0.25, -0.2) is 4.79 Å². The van der Waals surface area contributed by atoms with Gasteiger partial charge in [-0.1, -0.05) is 30.0 Å². The number of carbonyl (C=O) groups excluding carboxylic acids is 1. The Bertz CT molecular complexity index is 751. The summed E-state index contributed by atoms with van der Waals surface area (Å²) in [6, 6.07) is 9.60. The van der Waals surface area contributed by atoms with E-state index in [1.165, 1.54) is 11.8 Å². The van der Waals surface area contributed by atoms with Crippen LogP contribution in [0.15, 0.2) is 35.5 Å². The molecular weight excluding hydrogens is 332 g/mol. The molecule has 0 radical (unpaired) electrons. The minimum absolute atomic E-state index is 0.376. The fourth-order valence-electron chi connectivity index (χ4n) is 2.81. The summed E-state index contributed by atoms with van der Waals surface area (Å²) >= 11 is 1.41. The number of tetrazole rings is 1. The van der Waals surface area contributed by atoms with E-state index < -0.39 is 24.1 Å². The lowest BCUT2D eigenvalue weighted by Gasteiger charge is -2.21. The van der Waals surface area contributed by atoms with Gasteiger partial charge >= 0.3 is 5.97 Å². The Kier molecular flexibility index (Phi) is 3.78. The summed E-state index contributed by atoms with van der Waals surface area (Å²) in [5.41, 5.74) is 0.868. The molecule has 2 aromatic rings. The van der Waals surface area contributed by atoms with Crippen LogP contribution < -0.4 is 0 Å². The Hall–Kier alpha value is -1.97. The van der Waals surface area contributed by atoms with E-state index in [0.29, 0.717) is 10.9 Å². The molecule has 0 bridgehead atoms. The lowest BCUT2D eigenvalue weighted by Crippen LogP contribution is -2.31. The van der Waals surface area contributed by atoms with Gasteiger partial charge in [-0.2, -0.15) is 4.68 Å². The van der Waals surface area contributed by atoms with Gasteiger partial charge < -0.3 is 14.2 Å². The molecular formula is C15H16N4O4S. The van der Waals surface area contributed by atoms with Crippen LogP contribution in [0.3, 0.4) is 0 Å². The Morgan fingerprint density at radius 2 is 2.04 bits per heavy atom. The van der Waals surface area contributed by atoms with Crippen LogP contribution in [0.5, 0.6) is 0 Å². The summed E-state index contributed by atoms with van der Waals surface area (Å²) < 4.78 is 18.4. The fourth-order valence-corrected chi connectivity index (χ4v) is 3.74. The van der Waals surface area contributed by atoms with E-state index in [1.807, 2.05) is 30.3 Å². The fraction of sp³-hybridized carbons (Fsp3) is 0.467. The average molecular weight is 348 g/mol. The molecule has 1 aromatic carbocycles. The van der Waals surface area contributed by atoms with Gasteiger partial charge in [-0.15, -0.1) is 5.10 Å². The number of ether oxygens (including phenoxy) is 3. The summed E-state index contributed by atoms with van der Waals surface area (Å²) in [6.45, 7) is 3.58. The van der Waals surface area contributed by atoms with Crippen molar-refractivity contribution < 1.29 is 19.0 Å². The van der Waals surface area contributed by atoms with Crippen molar-refractivity contribution in [2.75, 3.05) is 5.75 Å². The topological polar surface area (TPSA) is 88.4 Å². The van der Waals surface area contributed by atoms with Crippen molar-refractivity contribution in [2.45, 2.75) is 43.1 Å². The minimum Gasteiger partial charge on any atom is -0.457 e. The molecule has 0 amide bonds. The van der Waals surface area contributed by atoms with Crippen molar-refractivity contribution in [2.24, 2.45) is 0 Å². The van der Waals surface area contributed by atoms with Crippen molar-refractivity contribution in [1.82, 2.24) is 20.2 Å². The number of benzene rings is 1. The van der Waals surface area contributed by atoms with Crippen LogP contribution in [0.1, 0.15) is 13.8 Å². The van der Waals surface area contributed by atoms with Gasteiger partial charge in [0.1, 0.15) is 12.2 Å². The maximum atomic E-state index is 11.9. The molecule has 2 aliphatic heterocycles. The second-order valence-corrected chi connectivity index (χ2v) is 7.00. The second kappa shape index (κ2) is 5.83. The molecule has 1 aromatic heterocycles. The van der Waals surface area contributed by atoms with Gasteiger partial charge in [0, 0.05) is 5.75 Å². The summed E-state index contributed by atoms with van der Waals surface area (Å²) in [7, 11) is 0. The zero-order valence-electron chi connectivity index (χ0n) is 13.2. The number of hydrogen-bond acceptors (Lipinski definition) is 8. The molecule has 24 heavy (non-hydrogen) atoms. The van der Waals surface area contributed by atoms with Crippen molar-refractivity contribution in [1.29, 1.82) is 0 Å². The van der Waals surface area contributed by atoms with E-state index in [9.17, 15) is 4.79 Å². The van der Waals surface area contributed by atoms with Crippen molar-refractivity contribution >= 4 is 17.7 Å². The zero-order valence-corrected chi connectivity index (χ0v) is 14.0. The molecule has 126 valence electrons. The van der Waals surface area contributed by atoms with E-state index in [2.05, 4.69) is 15.5 Å². The molecule has 3 atom stereocenters. The smallest absolute Gasteiger partial charge is 0.338 e. The lowest BCUT2D eigenvalue weighted by atomic mass is 10.2. The van der Waals surface area contributed by atoms with Gasteiger partial charge in [0.05, 0.1) is 5.69 Å². The molecule has 0 aliphatic carbocycles. The third-order valence-electron chi connectivity index (χ3n) is 3.81. The standard InChI is InChI=1S/C15H16N4O4S/c1-15(2)22-11-10(21-13(20)12(11)23-15)8-24-14-16-17-18-19(14)9-6-4-3-5-7-9/h3-7,10-12H,8H2,1-2H3/t10-,11-,12-/m1/s1. The highest BCUT2D eigenvalue weighted by molar-refractivity contribution is 7.99. The van der Waals surface area contributed by atoms with Crippen molar-refractivity contribution in [3.05, 3.63) is 30.3 Å². The predicted octanol–water partition coefficient (Wildman–Crippen LogP) is 1.20. The molecule has 2 saturated heterocycles. The highest BCUT2D eigenvalue weighted by atomic mass is 32.2. The molecule has 8 nitrogen and oxygen atoms in total.